The number of rotatable bonds is 6. The van der Waals surface area contributed by atoms with Gasteiger partial charge in [-0.25, -0.2) is 9.59 Å². The average Bonchev–Trinajstić information content (AvgIpc) is 2.56. The minimum Gasteiger partial charge on any atom is -0.386 e. The quantitative estimate of drug-likeness (QED) is 0.465. The first-order valence-corrected chi connectivity index (χ1v) is 7.26. The molecule has 0 heterocycles. The summed E-state index contributed by atoms with van der Waals surface area (Å²) < 4.78 is 4.84. The highest BCUT2D eigenvalue weighted by Gasteiger charge is 2.17. The smallest absolute Gasteiger partial charge is 0.341 e. The molecule has 0 atom stereocenters. The van der Waals surface area contributed by atoms with Gasteiger partial charge in [0.15, 0.2) is 0 Å². The molecule has 2 aromatic carbocycles. The molecule has 23 heavy (non-hydrogen) atoms. The molecule has 3 heteroatoms. The molecule has 2 rings (SSSR count). The summed E-state index contributed by atoms with van der Waals surface area (Å²) in [5.74, 6) is -1.43. The van der Waals surface area contributed by atoms with Crippen LogP contribution >= 0.6 is 0 Å². The van der Waals surface area contributed by atoms with Crippen molar-refractivity contribution >= 4 is 11.9 Å². The van der Waals surface area contributed by atoms with Crippen LogP contribution < -0.4 is 0 Å². The summed E-state index contributed by atoms with van der Waals surface area (Å²) in [5.41, 5.74) is 2.34. The van der Waals surface area contributed by atoms with Crippen LogP contribution in [0, 0.1) is 0 Å². The standard InChI is InChI=1S/C20H18O3/c1-15(13-17-9-5-3-6-10-17)19(21)23-20(22)16(2)14-18-11-7-4-8-12-18/h3-12H,1-2,13-14H2. The number of ether oxygens (including phenoxy) is 1. The monoisotopic (exact) mass is 306 g/mol. The number of benzene rings is 2. The molecule has 0 fully saturated rings. The minimum atomic E-state index is -0.715. The Labute approximate surface area is 135 Å². The van der Waals surface area contributed by atoms with Gasteiger partial charge in [-0.2, -0.15) is 0 Å². The molecular weight excluding hydrogens is 288 g/mol. The second kappa shape index (κ2) is 7.90. The summed E-state index contributed by atoms with van der Waals surface area (Å²) >= 11 is 0. The summed E-state index contributed by atoms with van der Waals surface area (Å²) in [6, 6.07) is 18.8. The largest absolute Gasteiger partial charge is 0.386 e. The van der Waals surface area contributed by atoms with Crippen molar-refractivity contribution in [1.82, 2.24) is 0 Å². The van der Waals surface area contributed by atoms with Gasteiger partial charge < -0.3 is 4.74 Å². The van der Waals surface area contributed by atoms with Gasteiger partial charge in [0.25, 0.3) is 0 Å². The van der Waals surface area contributed by atoms with E-state index in [-0.39, 0.29) is 11.1 Å². The molecule has 0 N–H and O–H groups in total. The molecule has 0 radical (unpaired) electrons. The van der Waals surface area contributed by atoms with Gasteiger partial charge in [-0.3, -0.25) is 0 Å². The Kier molecular flexibility index (Phi) is 5.64. The van der Waals surface area contributed by atoms with Gasteiger partial charge >= 0.3 is 11.9 Å². The van der Waals surface area contributed by atoms with Gasteiger partial charge in [-0.15, -0.1) is 0 Å². The predicted octanol–water partition coefficient (Wildman–Crippen LogP) is 3.65. The molecular formula is C20H18O3. The van der Waals surface area contributed by atoms with E-state index in [0.29, 0.717) is 12.8 Å². The molecule has 2 aromatic rings. The van der Waals surface area contributed by atoms with Gasteiger partial charge in [0.1, 0.15) is 0 Å². The van der Waals surface area contributed by atoms with E-state index in [4.69, 9.17) is 4.74 Å². The summed E-state index contributed by atoms with van der Waals surface area (Å²) in [4.78, 5) is 23.9. The molecule has 0 aliphatic heterocycles. The zero-order chi connectivity index (χ0) is 16.7. The van der Waals surface area contributed by atoms with Crippen molar-refractivity contribution in [3.63, 3.8) is 0 Å². The highest BCUT2D eigenvalue weighted by atomic mass is 16.6. The lowest BCUT2D eigenvalue weighted by Gasteiger charge is -2.08. The summed E-state index contributed by atoms with van der Waals surface area (Å²) in [6.45, 7) is 7.38. The Morgan fingerprint density at radius 3 is 1.39 bits per heavy atom. The molecule has 116 valence electrons. The molecule has 0 spiro atoms. The Morgan fingerprint density at radius 1 is 0.696 bits per heavy atom. The van der Waals surface area contributed by atoms with Gasteiger partial charge in [-0.1, -0.05) is 73.8 Å². The average molecular weight is 306 g/mol. The summed E-state index contributed by atoms with van der Waals surface area (Å²) in [7, 11) is 0. The molecule has 0 saturated carbocycles. The van der Waals surface area contributed by atoms with Crippen LogP contribution in [0.15, 0.2) is 85.0 Å². The molecule has 0 saturated heterocycles. The van der Waals surface area contributed by atoms with Crippen molar-refractivity contribution in [3.05, 3.63) is 96.1 Å². The maximum absolute atomic E-state index is 11.9. The third kappa shape index (κ3) is 5.08. The Balaban J connectivity index is 1.87. The third-order valence-corrected chi connectivity index (χ3v) is 3.28. The molecule has 0 amide bonds. The SMILES string of the molecule is C=C(Cc1ccccc1)C(=O)OC(=O)C(=C)Cc1ccccc1. The number of esters is 2. The van der Waals surface area contributed by atoms with E-state index in [9.17, 15) is 9.59 Å². The topological polar surface area (TPSA) is 43.4 Å². The van der Waals surface area contributed by atoms with Gasteiger partial charge in [0, 0.05) is 24.0 Å². The first-order chi connectivity index (χ1) is 11.1. The van der Waals surface area contributed by atoms with E-state index < -0.39 is 11.9 Å². The first-order valence-electron chi connectivity index (χ1n) is 7.26. The zero-order valence-corrected chi connectivity index (χ0v) is 12.8. The summed E-state index contributed by atoms with van der Waals surface area (Å²) in [5, 5.41) is 0. The van der Waals surface area contributed by atoms with Crippen LogP contribution in [-0.4, -0.2) is 11.9 Å². The number of hydrogen-bond acceptors (Lipinski definition) is 3. The highest BCUT2D eigenvalue weighted by molar-refractivity contribution is 6.01. The van der Waals surface area contributed by atoms with Gasteiger partial charge in [-0.05, 0) is 11.1 Å². The van der Waals surface area contributed by atoms with Crippen LogP contribution in [0.25, 0.3) is 0 Å². The summed E-state index contributed by atoms with van der Waals surface area (Å²) in [6.07, 6.45) is 0.691. The molecule has 0 unspecified atom stereocenters. The Morgan fingerprint density at radius 2 is 1.04 bits per heavy atom. The fraction of sp³-hybridized carbons (Fsp3) is 0.100. The van der Waals surface area contributed by atoms with E-state index in [1.807, 2.05) is 60.7 Å². The third-order valence-electron chi connectivity index (χ3n) is 3.28. The van der Waals surface area contributed by atoms with E-state index >= 15 is 0 Å². The minimum absolute atomic E-state index is 0.233. The van der Waals surface area contributed by atoms with Crippen molar-refractivity contribution in [2.45, 2.75) is 12.8 Å². The lowest BCUT2D eigenvalue weighted by atomic mass is 10.1. The van der Waals surface area contributed by atoms with Crippen LogP contribution in [0.3, 0.4) is 0 Å². The van der Waals surface area contributed by atoms with Crippen LogP contribution in [0.2, 0.25) is 0 Å². The second-order valence-electron chi connectivity index (χ2n) is 5.21. The predicted molar refractivity (Wildman–Crippen MR) is 89.7 cm³/mol. The molecule has 3 nitrogen and oxygen atoms in total. The lowest BCUT2D eigenvalue weighted by molar-refractivity contribution is -0.154. The van der Waals surface area contributed by atoms with Crippen LogP contribution in [0.4, 0.5) is 0 Å². The van der Waals surface area contributed by atoms with Crippen molar-refractivity contribution < 1.29 is 14.3 Å². The van der Waals surface area contributed by atoms with Crippen LogP contribution in [0.1, 0.15) is 11.1 Å². The fourth-order valence-corrected chi connectivity index (χ4v) is 2.06. The molecule has 0 aliphatic rings. The lowest BCUT2D eigenvalue weighted by Crippen LogP contribution is -2.17. The van der Waals surface area contributed by atoms with E-state index in [1.54, 1.807) is 0 Å². The molecule has 0 aliphatic carbocycles. The number of carbonyl (C=O) groups excluding carboxylic acids is 2. The van der Waals surface area contributed by atoms with Gasteiger partial charge in [0.2, 0.25) is 0 Å². The van der Waals surface area contributed by atoms with Crippen molar-refractivity contribution in [1.29, 1.82) is 0 Å². The maximum Gasteiger partial charge on any atom is 0.341 e. The Hall–Kier alpha value is -2.94. The van der Waals surface area contributed by atoms with E-state index in [1.165, 1.54) is 0 Å². The van der Waals surface area contributed by atoms with E-state index in [0.717, 1.165) is 11.1 Å². The highest BCUT2D eigenvalue weighted by Crippen LogP contribution is 2.11. The van der Waals surface area contributed by atoms with Gasteiger partial charge in [0.05, 0.1) is 0 Å². The first kappa shape index (κ1) is 16.4. The normalized spacial score (nSPS) is 9.91. The van der Waals surface area contributed by atoms with Crippen LogP contribution in [0.5, 0.6) is 0 Å². The number of carbonyl (C=O) groups is 2. The van der Waals surface area contributed by atoms with Crippen molar-refractivity contribution in [3.8, 4) is 0 Å². The van der Waals surface area contributed by atoms with Crippen LogP contribution in [-0.2, 0) is 27.2 Å². The van der Waals surface area contributed by atoms with E-state index in [2.05, 4.69) is 13.2 Å². The van der Waals surface area contributed by atoms with Crippen molar-refractivity contribution in [2.24, 2.45) is 0 Å². The molecule has 0 aromatic heterocycles. The number of hydrogen-bond donors (Lipinski definition) is 0. The molecule has 0 bridgehead atoms. The van der Waals surface area contributed by atoms with Crippen molar-refractivity contribution in [2.75, 3.05) is 0 Å². The maximum atomic E-state index is 11.9. The fourth-order valence-electron chi connectivity index (χ4n) is 2.06. The zero-order valence-electron chi connectivity index (χ0n) is 12.8. The second-order valence-corrected chi connectivity index (χ2v) is 5.21. The Bertz CT molecular complexity index is 652.